The monoisotopic (exact) mass is 301 g/mol. The van der Waals surface area contributed by atoms with Crippen molar-refractivity contribution in [3.8, 4) is 0 Å². The summed E-state index contributed by atoms with van der Waals surface area (Å²) in [7, 11) is 0. The van der Waals surface area contributed by atoms with Crippen LogP contribution in [0.4, 0.5) is 8.78 Å². The lowest BCUT2D eigenvalue weighted by Crippen LogP contribution is -2.10. The van der Waals surface area contributed by atoms with Crippen molar-refractivity contribution in [2.45, 2.75) is 13.0 Å². The molecule has 0 aliphatic carbocycles. The van der Waals surface area contributed by atoms with E-state index in [-0.39, 0.29) is 6.04 Å². The summed E-state index contributed by atoms with van der Waals surface area (Å²) in [4.78, 5) is 8.71. The first kappa shape index (κ1) is 16.0. The minimum atomic E-state index is -0.735. The van der Waals surface area contributed by atoms with Crippen LogP contribution in [0.3, 0.4) is 0 Å². The van der Waals surface area contributed by atoms with Gasteiger partial charge in [-0.15, -0.1) is 0 Å². The van der Waals surface area contributed by atoms with Crippen LogP contribution in [0.25, 0.3) is 16.6 Å². The number of aromatic nitrogens is 2. The predicted octanol–water partition coefficient (Wildman–Crippen LogP) is 4.04. The number of halogens is 2. The molecule has 2 aromatic heterocycles. The van der Waals surface area contributed by atoms with Gasteiger partial charge in [0, 0.05) is 17.8 Å². The van der Waals surface area contributed by atoms with Gasteiger partial charge in [-0.2, -0.15) is 0 Å². The Morgan fingerprint density at radius 2 is 2.23 bits per heavy atom. The number of pyridine rings is 2. The zero-order valence-electron chi connectivity index (χ0n) is 12.3. The van der Waals surface area contributed by atoms with E-state index in [0.29, 0.717) is 27.9 Å². The molecule has 2 N–H and O–H groups in total. The van der Waals surface area contributed by atoms with Crippen LogP contribution in [-0.2, 0) is 0 Å². The molecule has 0 aliphatic heterocycles. The lowest BCUT2D eigenvalue weighted by atomic mass is 9.99. The van der Waals surface area contributed by atoms with Gasteiger partial charge >= 0.3 is 0 Å². The minimum Gasteiger partial charge on any atom is -0.324 e. The maximum Gasteiger partial charge on any atom is 0.123 e. The van der Waals surface area contributed by atoms with Gasteiger partial charge in [0.15, 0.2) is 0 Å². The second-order valence-corrected chi connectivity index (χ2v) is 4.80. The van der Waals surface area contributed by atoms with Gasteiger partial charge < -0.3 is 5.73 Å². The van der Waals surface area contributed by atoms with Crippen LogP contribution in [-0.4, -0.2) is 16.6 Å². The van der Waals surface area contributed by atoms with Crippen molar-refractivity contribution in [1.29, 1.82) is 0 Å². The Kier molecular flexibility index (Phi) is 5.12. The fourth-order valence-corrected chi connectivity index (χ4v) is 2.11. The molecule has 0 fully saturated rings. The van der Waals surface area contributed by atoms with Crippen molar-refractivity contribution < 1.29 is 8.78 Å². The van der Waals surface area contributed by atoms with Crippen LogP contribution >= 0.6 is 0 Å². The summed E-state index contributed by atoms with van der Waals surface area (Å²) in [5, 5.41) is 0. The first-order valence-electron chi connectivity index (χ1n) is 6.84. The lowest BCUT2D eigenvalue weighted by molar-refractivity contribution is 0.562. The molecular weight excluding hydrogens is 284 g/mol. The standard InChI is InChI=1S/C17H17F2N3/c1-3-13(19)9-12(6-7-18)17-14(11(2)20)10-16-15(22-17)5-4-8-21-16/h3-6,8-11H,1,7,20H2,2H3. The molecule has 0 saturated carbocycles. The number of nitrogens with two attached hydrogens (primary N) is 1. The Balaban J connectivity index is 2.72. The summed E-state index contributed by atoms with van der Waals surface area (Å²) in [6, 6.07) is 4.99. The summed E-state index contributed by atoms with van der Waals surface area (Å²) in [5.41, 5.74) is 8.76. The van der Waals surface area contributed by atoms with E-state index in [1.54, 1.807) is 31.3 Å². The van der Waals surface area contributed by atoms with E-state index in [0.717, 1.165) is 6.08 Å². The molecule has 0 saturated heterocycles. The second-order valence-electron chi connectivity index (χ2n) is 4.80. The van der Waals surface area contributed by atoms with E-state index in [9.17, 15) is 8.78 Å². The summed E-state index contributed by atoms with van der Waals surface area (Å²) in [6.07, 6.45) is 5.17. The molecular formula is C17H17F2N3. The maximum absolute atomic E-state index is 13.5. The van der Waals surface area contributed by atoms with E-state index in [1.165, 1.54) is 12.2 Å². The molecule has 0 aromatic carbocycles. The quantitative estimate of drug-likeness (QED) is 0.848. The highest BCUT2D eigenvalue weighted by atomic mass is 19.1. The fourth-order valence-electron chi connectivity index (χ4n) is 2.11. The minimum absolute atomic E-state index is 0.331. The van der Waals surface area contributed by atoms with Crippen LogP contribution < -0.4 is 5.73 Å². The van der Waals surface area contributed by atoms with Gasteiger partial charge in [-0.05, 0) is 48.9 Å². The third-order valence-corrected chi connectivity index (χ3v) is 3.16. The molecule has 114 valence electrons. The second kappa shape index (κ2) is 7.04. The van der Waals surface area contributed by atoms with Crippen molar-refractivity contribution in [1.82, 2.24) is 9.97 Å². The maximum atomic E-state index is 13.5. The zero-order chi connectivity index (χ0) is 16.1. The van der Waals surface area contributed by atoms with Crippen LogP contribution in [0.2, 0.25) is 0 Å². The Labute approximate surface area is 127 Å². The number of hydrogen-bond acceptors (Lipinski definition) is 3. The first-order chi connectivity index (χ1) is 10.6. The molecule has 2 heterocycles. The number of nitrogens with zero attached hydrogens (tertiary/aromatic N) is 2. The van der Waals surface area contributed by atoms with Gasteiger partial charge in [0.2, 0.25) is 0 Å². The summed E-state index contributed by atoms with van der Waals surface area (Å²) in [5.74, 6) is -0.566. The van der Waals surface area contributed by atoms with Crippen molar-refractivity contribution in [3.63, 3.8) is 0 Å². The average Bonchev–Trinajstić information content (AvgIpc) is 2.52. The summed E-state index contributed by atoms with van der Waals surface area (Å²) in [6.45, 7) is 4.41. The molecule has 0 radical (unpaired) electrons. The van der Waals surface area contributed by atoms with Crippen LogP contribution in [0.15, 0.2) is 55.0 Å². The normalized spacial score (nSPS) is 14.2. The fraction of sp³-hybridized carbons (Fsp3) is 0.176. The van der Waals surface area contributed by atoms with E-state index in [2.05, 4.69) is 16.5 Å². The molecule has 3 nitrogen and oxygen atoms in total. The van der Waals surface area contributed by atoms with Gasteiger partial charge in [-0.1, -0.05) is 6.58 Å². The van der Waals surface area contributed by atoms with Gasteiger partial charge in [0.25, 0.3) is 0 Å². The third-order valence-electron chi connectivity index (χ3n) is 3.16. The van der Waals surface area contributed by atoms with Crippen LogP contribution in [0.5, 0.6) is 0 Å². The number of alkyl halides is 1. The van der Waals surface area contributed by atoms with E-state index < -0.39 is 12.5 Å². The van der Waals surface area contributed by atoms with Crippen LogP contribution in [0, 0.1) is 0 Å². The van der Waals surface area contributed by atoms with Crippen molar-refractivity contribution in [2.75, 3.05) is 6.67 Å². The molecule has 1 atom stereocenters. The molecule has 0 amide bonds. The Bertz CT molecular complexity index is 749. The number of fused-ring (bicyclic) bond motifs is 1. The van der Waals surface area contributed by atoms with Gasteiger partial charge in [-0.3, -0.25) is 4.98 Å². The van der Waals surface area contributed by atoms with Crippen molar-refractivity contribution >= 4 is 16.6 Å². The van der Waals surface area contributed by atoms with Crippen molar-refractivity contribution in [2.24, 2.45) is 5.73 Å². The lowest BCUT2D eigenvalue weighted by Gasteiger charge is -2.14. The SMILES string of the molecule is C=CC(F)=CC(=CCF)c1nc2cccnc2cc1C(C)N. The number of hydrogen-bond donors (Lipinski definition) is 1. The summed E-state index contributed by atoms with van der Waals surface area (Å²) < 4.78 is 26.4. The highest BCUT2D eigenvalue weighted by Gasteiger charge is 2.14. The molecule has 2 rings (SSSR count). The number of rotatable bonds is 5. The molecule has 0 aliphatic rings. The van der Waals surface area contributed by atoms with E-state index in [4.69, 9.17) is 5.73 Å². The molecule has 5 heteroatoms. The topological polar surface area (TPSA) is 51.8 Å². The molecule has 0 spiro atoms. The zero-order valence-corrected chi connectivity index (χ0v) is 12.3. The van der Waals surface area contributed by atoms with E-state index in [1.807, 2.05) is 0 Å². The number of allylic oxidation sites excluding steroid dienone is 5. The Morgan fingerprint density at radius 3 is 2.86 bits per heavy atom. The van der Waals surface area contributed by atoms with Gasteiger partial charge in [0.1, 0.15) is 12.5 Å². The van der Waals surface area contributed by atoms with E-state index >= 15 is 0 Å². The molecule has 2 aromatic rings. The third kappa shape index (κ3) is 3.43. The Morgan fingerprint density at radius 1 is 1.45 bits per heavy atom. The predicted molar refractivity (Wildman–Crippen MR) is 85.5 cm³/mol. The van der Waals surface area contributed by atoms with Gasteiger partial charge in [0.05, 0.1) is 16.7 Å². The van der Waals surface area contributed by atoms with Gasteiger partial charge in [-0.25, -0.2) is 13.8 Å². The average molecular weight is 301 g/mol. The Hall–Kier alpha value is -2.40. The molecule has 22 heavy (non-hydrogen) atoms. The highest BCUT2D eigenvalue weighted by molar-refractivity contribution is 5.82. The first-order valence-corrected chi connectivity index (χ1v) is 6.84. The highest BCUT2D eigenvalue weighted by Crippen LogP contribution is 2.27. The van der Waals surface area contributed by atoms with Crippen LogP contribution in [0.1, 0.15) is 24.2 Å². The molecule has 1 unspecified atom stereocenters. The largest absolute Gasteiger partial charge is 0.324 e. The van der Waals surface area contributed by atoms with Crippen molar-refractivity contribution in [3.05, 3.63) is 66.3 Å². The smallest absolute Gasteiger partial charge is 0.123 e. The molecule has 0 bridgehead atoms. The summed E-state index contributed by atoms with van der Waals surface area (Å²) >= 11 is 0.